The van der Waals surface area contributed by atoms with E-state index in [1.807, 2.05) is 54.6 Å². The molecule has 0 aromatic heterocycles. The minimum absolute atomic E-state index is 0.0722. The predicted molar refractivity (Wildman–Crippen MR) is 108 cm³/mol. The summed E-state index contributed by atoms with van der Waals surface area (Å²) < 4.78 is 0. The van der Waals surface area contributed by atoms with E-state index in [1.165, 1.54) is 0 Å². The zero-order chi connectivity index (χ0) is 18.8. The number of anilines is 2. The van der Waals surface area contributed by atoms with Gasteiger partial charge in [0.25, 0.3) is 5.91 Å². The van der Waals surface area contributed by atoms with Crippen molar-refractivity contribution in [3.8, 4) is 0 Å². The van der Waals surface area contributed by atoms with Crippen LogP contribution in [0.4, 0.5) is 11.4 Å². The zero-order valence-corrected chi connectivity index (χ0v) is 15.6. The van der Waals surface area contributed by atoms with Crippen molar-refractivity contribution in [2.75, 3.05) is 4.90 Å². The molecule has 0 unspecified atom stereocenters. The summed E-state index contributed by atoms with van der Waals surface area (Å²) in [5, 5.41) is 5.09. The molecule has 1 aliphatic rings. The lowest BCUT2D eigenvalue weighted by Gasteiger charge is -2.16. The number of para-hydroxylation sites is 2. The number of carbonyl (C=O) groups is 1. The molecular weight excluding hydrogens is 383 g/mol. The van der Waals surface area contributed by atoms with Crippen LogP contribution in [0.15, 0.2) is 78.0 Å². The molecular formula is C21H14Cl2N2O2. The Labute approximate surface area is 166 Å². The van der Waals surface area contributed by atoms with Gasteiger partial charge in [0.1, 0.15) is 6.61 Å². The third-order valence-corrected chi connectivity index (χ3v) is 4.95. The summed E-state index contributed by atoms with van der Waals surface area (Å²) in [6.07, 6.45) is 0. The van der Waals surface area contributed by atoms with E-state index in [1.54, 1.807) is 23.1 Å². The molecule has 0 bridgehead atoms. The normalized spacial score (nSPS) is 14.5. The molecule has 1 amide bonds. The molecule has 1 heterocycles. The first kappa shape index (κ1) is 17.6. The fourth-order valence-corrected chi connectivity index (χ4v) is 3.46. The minimum Gasteiger partial charge on any atom is -0.390 e. The summed E-state index contributed by atoms with van der Waals surface area (Å²) in [6, 6.07) is 22.1. The third kappa shape index (κ3) is 3.29. The predicted octanol–water partition coefficient (Wildman–Crippen LogP) is 5.59. The molecule has 3 aromatic carbocycles. The minimum atomic E-state index is -0.243. The van der Waals surface area contributed by atoms with Gasteiger partial charge in [0.2, 0.25) is 0 Å². The van der Waals surface area contributed by atoms with E-state index in [0.29, 0.717) is 15.6 Å². The lowest BCUT2D eigenvalue weighted by atomic mass is 10.1. The van der Waals surface area contributed by atoms with Crippen LogP contribution >= 0.6 is 23.2 Å². The van der Waals surface area contributed by atoms with Crippen molar-refractivity contribution in [1.82, 2.24) is 0 Å². The van der Waals surface area contributed by atoms with Gasteiger partial charge in [-0.3, -0.25) is 9.69 Å². The second-order valence-electron chi connectivity index (χ2n) is 5.91. The number of hydrogen-bond donors (Lipinski definition) is 0. The monoisotopic (exact) mass is 396 g/mol. The Kier molecular flexibility index (Phi) is 4.84. The summed E-state index contributed by atoms with van der Waals surface area (Å²) >= 11 is 12.3. The number of rotatable bonds is 4. The van der Waals surface area contributed by atoms with E-state index in [0.717, 1.165) is 16.9 Å². The smallest absolute Gasteiger partial charge is 0.285 e. The summed E-state index contributed by atoms with van der Waals surface area (Å²) in [5.41, 5.74) is 3.14. The largest absolute Gasteiger partial charge is 0.390 e. The Hall–Kier alpha value is -2.82. The third-order valence-electron chi connectivity index (χ3n) is 4.25. The molecule has 3 aromatic rings. The van der Waals surface area contributed by atoms with Crippen molar-refractivity contribution in [3.63, 3.8) is 0 Å². The number of halogens is 2. The number of benzene rings is 3. The maximum absolute atomic E-state index is 13.0. The second kappa shape index (κ2) is 7.43. The number of nitrogens with zero attached hydrogens (tertiary/aromatic N) is 2. The van der Waals surface area contributed by atoms with Crippen LogP contribution in [0.3, 0.4) is 0 Å². The van der Waals surface area contributed by atoms with E-state index >= 15 is 0 Å². The van der Waals surface area contributed by atoms with Crippen LogP contribution in [0.5, 0.6) is 0 Å². The number of oxime groups is 1. The Morgan fingerprint density at radius 1 is 0.852 bits per heavy atom. The van der Waals surface area contributed by atoms with Crippen LogP contribution in [0, 0.1) is 0 Å². The van der Waals surface area contributed by atoms with E-state index in [9.17, 15) is 4.79 Å². The van der Waals surface area contributed by atoms with Crippen molar-refractivity contribution in [2.24, 2.45) is 5.16 Å². The lowest BCUT2D eigenvalue weighted by Crippen LogP contribution is -2.25. The first-order chi connectivity index (χ1) is 13.2. The van der Waals surface area contributed by atoms with E-state index < -0.39 is 0 Å². The van der Waals surface area contributed by atoms with E-state index in [2.05, 4.69) is 5.16 Å². The molecule has 4 rings (SSSR count). The summed E-state index contributed by atoms with van der Waals surface area (Å²) in [4.78, 5) is 20.1. The van der Waals surface area contributed by atoms with Gasteiger partial charge in [-0.2, -0.15) is 0 Å². The molecule has 4 nitrogen and oxygen atoms in total. The van der Waals surface area contributed by atoms with Gasteiger partial charge in [0.05, 0.1) is 5.69 Å². The second-order valence-corrected chi connectivity index (χ2v) is 6.72. The Morgan fingerprint density at radius 2 is 1.52 bits per heavy atom. The molecule has 0 saturated heterocycles. The van der Waals surface area contributed by atoms with Gasteiger partial charge in [-0.1, -0.05) is 70.8 Å². The van der Waals surface area contributed by atoms with E-state index in [-0.39, 0.29) is 18.2 Å². The van der Waals surface area contributed by atoms with Gasteiger partial charge in [0.15, 0.2) is 5.71 Å². The highest BCUT2D eigenvalue weighted by atomic mass is 35.5. The molecule has 0 N–H and O–H groups in total. The summed E-state index contributed by atoms with van der Waals surface area (Å²) in [7, 11) is 0. The molecule has 134 valence electrons. The molecule has 0 radical (unpaired) electrons. The van der Waals surface area contributed by atoms with Crippen LogP contribution in [0.25, 0.3) is 0 Å². The summed E-state index contributed by atoms with van der Waals surface area (Å²) in [6.45, 7) is 0.0722. The molecule has 0 saturated carbocycles. The van der Waals surface area contributed by atoms with Crippen LogP contribution in [0.2, 0.25) is 10.0 Å². The highest BCUT2D eigenvalue weighted by Crippen LogP contribution is 2.35. The van der Waals surface area contributed by atoms with Gasteiger partial charge in [0, 0.05) is 26.9 Å². The molecule has 1 aliphatic heterocycles. The Morgan fingerprint density at radius 3 is 2.26 bits per heavy atom. The molecule has 0 aliphatic carbocycles. The Balaban J connectivity index is 1.65. The van der Waals surface area contributed by atoms with Crippen molar-refractivity contribution in [2.45, 2.75) is 6.61 Å². The molecule has 0 fully saturated rings. The van der Waals surface area contributed by atoms with E-state index in [4.69, 9.17) is 28.0 Å². The van der Waals surface area contributed by atoms with Crippen LogP contribution in [0.1, 0.15) is 11.1 Å². The van der Waals surface area contributed by atoms with Gasteiger partial charge in [-0.25, -0.2) is 0 Å². The highest BCUT2D eigenvalue weighted by molar-refractivity contribution is 6.55. The first-order valence-electron chi connectivity index (χ1n) is 8.28. The molecule has 6 heteroatoms. The van der Waals surface area contributed by atoms with Gasteiger partial charge < -0.3 is 4.84 Å². The Bertz CT molecular complexity index is 1020. The maximum atomic E-state index is 13.0. The van der Waals surface area contributed by atoms with Crippen molar-refractivity contribution in [3.05, 3.63) is 94.0 Å². The average molecular weight is 397 g/mol. The average Bonchev–Trinajstić information content (AvgIpc) is 2.96. The molecule has 0 spiro atoms. The van der Waals surface area contributed by atoms with Crippen molar-refractivity contribution in [1.29, 1.82) is 0 Å². The topological polar surface area (TPSA) is 41.9 Å². The number of amides is 1. The van der Waals surface area contributed by atoms with Crippen molar-refractivity contribution < 1.29 is 9.63 Å². The van der Waals surface area contributed by atoms with Crippen molar-refractivity contribution >= 4 is 46.2 Å². The van der Waals surface area contributed by atoms with Gasteiger partial charge in [-0.05, 0) is 30.3 Å². The summed E-state index contributed by atoms with van der Waals surface area (Å²) in [5.74, 6) is -0.243. The fourth-order valence-electron chi connectivity index (χ4n) is 2.95. The number of hydrogen-bond acceptors (Lipinski definition) is 3. The van der Waals surface area contributed by atoms with Crippen LogP contribution < -0.4 is 4.90 Å². The van der Waals surface area contributed by atoms with Gasteiger partial charge >= 0.3 is 0 Å². The molecule has 0 atom stereocenters. The first-order valence-corrected chi connectivity index (χ1v) is 9.04. The van der Waals surface area contributed by atoms with Crippen LogP contribution in [-0.2, 0) is 16.2 Å². The number of carbonyl (C=O) groups excluding carboxylic acids is 1. The SMILES string of the molecule is O=C1/C(=N/OCc2c(Cl)cccc2Cl)c2ccccc2N1c1ccccc1. The fraction of sp³-hybridized carbons (Fsp3) is 0.0476. The maximum Gasteiger partial charge on any atom is 0.285 e. The standard InChI is InChI=1S/C21H14Cl2N2O2/c22-17-10-6-11-18(23)16(17)13-27-24-20-15-9-4-5-12-19(15)25(21(20)26)14-7-2-1-3-8-14/h1-12H,13H2/b24-20+. The zero-order valence-electron chi connectivity index (χ0n) is 14.1. The lowest BCUT2D eigenvalue weighted by molar-refractivity contribution is -0.111. The quantitative estimate of drug-likeness (QED) is 0.539. The highest BCUT2D eigenvalue weighted by Gasteiger charge is 2.35. The molecule has 27 heavy (non-hydrogen) atoms. The van der Waals surface area contributed by atoms with Gasteiger partial charge in [-0.15, -0.1) is 0 Å². The van der Waals surface area contributed by atoms with Crippen LogP contribution in [-0.4, -0.2) is 11.6 Å². The number of fused-ring (bicyclic) bond motifs is 1.